The third kappa shape index (κ3) is 5.53. The molecule has 0 bridgehead atoms. The Kier molecular flexibility index (Phi) is 8.18. The van der Waals surface area contributed by atoms with Crippen molar-refractivity contribution in [2.45, 2.75) is 56.8 Å². The van der Waals surface area contributed by atoms with Gasteiger partial charge in [-0.25, -0.2) is 9.97 Å². The molecule has 3 nitrogen and oxygen atoms in total. The molecule has 1 fully saturated rings. The molecule has 0 amide bonds. The molecular formula is C61H46N2O. The molecule has 0 saturated heterocycles. The van der Waals surface area contributed by atoms with Crippen molar-refractivity contribution in [3.63, 3.8) is 0 Å². The van der Waals surface area contributed by atoms with Gasteiger partial charge in [0.2, 0.25) is 0 Å². The molecular weight excluding hydrogens is 777 g/mol. The first-order chi connectivity index (χ1) is 31.4. The number of fused-ring (bicyclic) bond motifs is 11. The van der Waals surface area contributed by atoms with Crippen LogP contribution in [0.4, 0.5) is 0 Å². The number of hydrogen-bond acceptors (Lipinski definition) is 3. The fourth-order valence-electron chi connectivity index (χ4n) is 11.7. The van der Waals surface area contributed by atoms with Crippen LogP contribution in [-0.2, 0) is 10.8 Å². The quantitative estimate of drug-likeness (QED) is 0.174. The molecule has 0 N–H and O–H groups in total. The number of furan rings is 1. The predicted octanol–water partition coefficient (Wildman–Crippen LogP) is 16.2. The average Bonchev–Trinajstić information content (AvgIpc) is 3.94. The summed E-state index contributed by atoms with van der Waals surface area (Å²) >= 11 is 0. The maximum atomic E-state index is 6.85. The first-order valence-corrected chi connectivity index (χ1v) is 22.9. The minimum Gasteiger partial charge on any atom is -0.455 e. The highest BCUT2D eigenvalue weighted by Gasteiger charge is 2.46. The topological polar surface area (TPSA) is 38.9 Å². The summed E-state index contributed by atoms with van der Waals surface area (Å²) in [6.07, 6.45) is 6.36. The zero-order valence-corrected chi connectivity index (χ0v) is 36.2. The molecule has 3 aliphatic rings. The van der Waals surface area contributed by atoms with Crippen LogP contribution in [0.5, 0.6) is 0 Å². The van der Waals surface area contributed by atoms with Crippen molar-refractivity contribution in [1.29, 1.82) is 0 Å². The Labute approximate surface area is 374 Å². The van der Waals surface area contributed by atoms with Crippen LogP contribution < -0.4 is 0 Å². The van der Waals surface area contributed by atoms with Gasteiger partial charge in [0.15, 0.2) is 5.82 Å². The molecule has 3 heteroatoms. The maximum Gasteiger partial charge on any atom is 0.160 e. The van der Waals surface area contributed by atoms with Gasteiger partial charge in [0.05, 0.1) is 11.4 Å². The summed E-state index contributed by atoms with van der Waals surface area (Å²) < 4.78 is 6.85. The minimum atomic E-state index is -0.132. The molecule has 0 unspecified atom stereocenters. The summed E-state index contributed by atoms with van der Waals surface area (Å²) in [4.78, 5) is 10.4. The minimum absolute atomic E-state index is 0.104. The van der Waals surface area contributed by atoms with E-state index < -0.39 is 0 Å². The number of rotatable bonds is 5. The largest absolute Gasteiger partial charge is 0.455 e. The van der Waals surface area contributed by atoms with E-state index >= 15 is 0 Å². The summed E-state index contributed by atoms with van der Waals surface area (Å²) in [6, 6.07) is 66.2. The van der Waals surface area contributed by atoms with E-state index in [0.717, 1.165) is 50.0 Å². The van der Waals surface area contributed by atoms with Crippen LogP contribution in [-0.4, -0.2) is 9.97 Å². The number of benzene rings is 8. The van der Waals surface area contributed by atoms with Crippen molar-refractivity contribution >= 4 is 21.9 Å². The summed E-state index contributed by atoms with van der Waals surface area (Å²) in [7, 11) is 0. The molecule has 10 aromatic rings. The highest BCUT2D eigenvalue weighted by Crippen LogP contribution is 2.60. The standard InChI is InChI=1S/C61H46N2O/c1-60(2)51-25-15-21-43(57(51)49-36-53-47(35-52(49)60)44-20-10-11-24-50(44)61(53)32-12-5-13-33-61)42-30-31-56-48(34-42)45-22-14-23-46(58(45)64-56)55-37-54(62-59(63-55)41-18-8-4-9-19-41)40-28-26-39(27-29-40)38-16-6-3-7-17-38/h3-4,6-11,14-31,34-37H,5,12-13,32-33H2,1-2H3. The van der Waals surface area contributed by atoms with Gasteiger partial charge in [-0.15, -0.1) is 0 Å². The van der Waals surface area contributed by atoms with Crippen LogP contribution >= 0.6 is 0 Å². The van der Waals surface area contributed by atoms with Crippen LogP contribution in [0.1, 0.15) is 68.2 Å². The first-order valence-electron chi connectivity index (χ1n) is 22.9. The van der Waals surface area contributed by atoms with Gasteiger partial charge < -0.3 is 4.42 Å². The van der Waals surface area contributed by atoms with Gasteiger partial charge in [0.25, 0.3) is 0 Å². The molecule has 1 spiro atoms. The first kappa shape index (κ1) is 37.2. The van der Waals surface area contributed by atoms with E-state index in [2.05, 4.69) is 178 Å². The van der Waals surface area contributed by atoms with Crippen molar-refractivity contribution in [1.82, 2.24) is 9.97 Å². The summed E-state index contributed by atoms with van der Waals surface area (Å²) in [5.74, 6) is 0.681. The van der Waals surface area contributed by atoms with E-state index in [9.17, 15) is 0 Å². The Morgan fingerprint density at radius 2 is 1.03 bits per heavy atom. The number of para-hydroxylation sites is 1. The molecule has 1 saturated carbocycles. The lowest BCUT2D eigenvalue weighted by molar-refractivity contribution is 0.353. The van der Waals surface area contributed by atoms with Crippen molar-refractivity contribution in [2.24, 2.45) is 0 Å². The fourth-order valence-corrected chi connectivity index (χ4v) is 11.7. The van der Waals surface area contributed by atoms with Gasteiger partial charge >= 0.3 is 0 Å². The lowest BCUT2D eigenvalue weighted by Gasteiger charge is -2.36. The van der Waals surface area contributed by atoms with E-state index in [-0.39, 0.29) is 10.8 Å². The van der Waals surface area contributed by atoms with Crippen molar-refractivity contribution in [3.05, 3.63) is 204 Å². The monoisotopic (exact) mass is 822 g/mol. The zero-order valence-electron chi connectivity index (χ0n) is 36.2. The SMILES string of the molecule is CC1(C)c2cc3c(cc2-c2c(-c4ccc5oc6c(-c7cc(-c8ccc(-c9ccccc9)cc8)nc(-c8ccccc8)n7)cccc6c5c4)cccc21)C1(CCCCC1)c1ccccc1-3. The van der Waals surface area contributed by atoms with Crippen molar-refractivity contribution < 1.29 is 4.42 Å². The zero-order chi connectivity index (χ0) is 42.6. The van der Waals surface area contributed by atoms with Crippen LogP contribution in [0.2, 0.25) is 0 Å². The fraction of sp³-hybridized carbons (Fsp3) is 0.148. The Hall–Kier alpha value is -7.36. The Balaban J connectivity index is 0.942. The summed E-state index contributed by atoms with van der Waals surface area (Å²) in [5.41, 5.74) is 22.7. The van der Waals surface area contributed by atoms with Crippen LogP contribution in [0.25, 0.3) is 100 Å². The van der Waals surface area contributed by atoms with Gasteiger partial charge in [0.1, 0.15) is 11.2 Å². The molecule has 64 heavy (non-hydrogen) atoms. The number of aromatic nitrogens is 2. The second-order valence-corrected chi connectivity index (χ2v) is 18.8. The van der Waals surface area contributed by atoms with E-state index in [4.69, 9.17) is 14.4 Å². The average molecular weight is 823 g/mol. The second kappa shape index (κ2) is 14.1. The van der Waals surface area contributed by atoms with Crippen molar-refractivity contribution in [2.75, 3.05) is 0 Å². The molecule has 0 radical (unpaired) electrons. The Morgan fingerprint density at radius 3 is 1.84 bits per heavy atom. The summed E-state index contributed by atoms with van der Waals surface area (Å²) in [6.45, 7) is 4.84. The molecule has 0 atom stereocenters. The third-order valence-electron chi connectivity index (χ3n) is 14.9. The Bertz CT molecular complexity index is 3480. The van der Waals surface area contributed by atoms with E-state index in [1.165, 1.54) is 87.7 Å². The molecule has 13 rings (SSSR count). The highest BCUT2D eigenvalue weighted by molar-refractivity contribution is 6.11. The van der Waals surface area contributed by atoms with Crippen LogP contribution in [0.15, 0.2) is 186 Å². The second-order valence-electron chi connectivity index (χ2n) is 18.8. The van der Waals surface area contributed by atoms with E-state index in [1.54, 1.807) is 11.1 Å². The molecule has 2 heterocycles. The van der Waals surface area contributed by atoms with E-state index in [0.29, 0.717) is 5.82 Å². The van der Waals surface area contributed by atoms with E-state index in [1.807, 2.05) is 18.2 Å². The smallest absolute Gasteiger partial charge is 0.160 e. The number of nitrogens with zero attached hydrogens (tertiary/aromatic N) is 2. The lowest BCUT2D eigenvalue weighted by Crippen LogP contribution is -2.28. The molecule has 3 aliphatic carbocycles. The normalized spacial score (nSPS) is 15.3. The lowest BCUT2D eigenvalue weighted by atomic mass is 9.67. The molecule has 2 aromatic heterocycles. The van der Waals surface area contributed by atoms with Gasteiger partial charge in [-0.3, -0.25) is 0 Å². The van der Waals surface area contributed by atoms with Crippen LogP contribution in [0.3, 0.4) is 0 Å². The van der Waals surface area contributed by atoms with Gasteiger partial charge in [-0.2, -0.15) is 0 Å². The highest BCUT2D eigenvalue weighted by atomic mass is 16.3. The molecule has 0 aliphatic heterocycles. The summed E-state index contributed by atoms with van der Waals surface area (Å²) in [5, 5.41) is 2.18. The predicted molar refractivity (Wildman–Crippen MR) is 263 cm³/mol. The van der Waals surface area contributed by atoms with Gasteiger partial charge in [-0.1, -0.05) is 179 Å². The van der Waals surface area contributed by atoms with Gasteiger partial charge in [0, 0.05) is 38.3 Å². The van der Waals surface area contributed by atoms with Crippen LogP contribution in [0, 0.1) is 0 Å². The molecule has 8 aromatic carbocycles. The maximum absolute atomic E-state index is 6.85. The van der Waals surface area contributed by atoms with Gasteiger partial charge in [-0.05, 0) is 116 Å². The molecule has 306 valence electrons. The number of hydrogen-bond donors (Lipinski definition) is 0. The van der Waals surface area contributed by atoms with Crippen molar-refractivity contribution in [3.8, 4) is 78.4 Å². The third-order valence-corrected chi connectivity index (χ3v) is 14.9. The Morgan fingerprint density at radius 1 is 0.406 bits per heavy atom.